The first-order valence-corrected chi connectivity index (χ1v) is 15.1. The van der Waals surface area contributed by atoms with Gasteiger partial charge >= 0.3 is 0 Å². The summed E-state index contributed by atoms with van der Waals surface area (Å²) in [6.45, 7) is 15.3. The third-order valence-electron chi connectivity index (χ3n) is 11.7. The van der Waals surface area contributed by atoms with Crippen LogP contribution in [0.1, 0.15) is 119 Å². The molecule has 0 N–H and O–H groups in total. The van der Waals surface area contributed by atoms with Crippen LogP contribution in [0.3, 0.4) is 0 Å². The Kier molecular flexibility index (Phi) is 8.81. The van der Waals surface area contributed by atoms with Crippen LogP contribution in [0, 0.1) is 52.3 Å². The molecule has 0 aromatic rings. The fourth-order valence-electron chi connectivity index (χ4n) is 9.64. The molecule has 3 fully saturated rings. The van der Waals surface area contributed by atoms with Crippen LogP contribution in [-0.2, 0) is 9.47 Å². The summed E-state index contributed by atoms with van der Waals surface area (Å²) in [7, 11) is 0. The smallest absolute Gasteiger partial charge is 0.125 e. The maximum atomic E-state index is 4.58. The van der Waals surface area contributed by atoms with Gasteiger partial charge in [0.05, 0.1) is 0 Å². The molecular weight excluding hydrogens is 428 g/mol. The normalized spacial score (nSPS) is 39.1. The summed E-state index contributed by atoms with van der Waals surface area (Å²) in [6.07, 6.45) is 26.2. The van der Waals surface area contributed by atoms with Crippen molar-refractivity contribution < 1.29 is 9.47 Å². The van der Waals surface area contributed by atoms with Crippen LogP contribution in [0.5, 0.6) is 0 Å². The lowest BCUT2D eigenvalue weighted by molar-refractivity contribution is -0.0594. The van der Waals surface area contributed by atoms with E-state index in [1.807, 2.05) is 5.57 Å². The van der Waals surface area contributed by atoms with Gasteiger partial charge in [-0.15, -0.1) is 0 Å². The average molecular weight is 483 g/mol. The van der Waals surface area contributed by atoms with E-state index in [9.17, 15) is 0 Å². The Morgan fingerprint density at radius 2 is 1.60 bits per heavy atom. The van der Waals surface area contributed by atoms with Crippen molar-refractivity contribution in [2.45, 2.75) is 119 Å². The topological polar surface area (TPSA) is 18.5 Å². The first-order valence-electron chi connectivity index (χ1n) is 15.1. The van der Waals surface area contributed by atoms with Gasteiger partial charge in [-0.2, -0.15) is 0 Å². The van der Waals surface area contributed by atoms with E-state index in [-0.39, 0.29) is 0 Å². The summed E-state index contributed by atoms with van der Waals surface area (Å²) in [5.41, 5.74) is 3.08. The monoisotopic (exact) mass is 482 g/mol. The molecule has 0 radical (unpaired) electrons. The van der Waals surface area contributed by atoms with Crippen molar-refractivity contribution in [2.24, 2.45) is 52.3 Å². The van der Waals surface area contributed by atoms with Crippen LogP contribution in [0.15, 0.2) is 36.7 Å². The molecule has 1 unspecified atom stereocenters. The number of rotatable bonds is 6. The fourth-order valence-corrected chi connectivity index (χ4v) is 9.64. The van der Waals surface area contributed by atoms with Gasteiger partial charge in [-0.05, 0) is 116 Å². The fraction of sp³-hybridized carbons (Fsp3) is 0.818. The van der Waals surface area contributed by atoms with Crippen LogP contribution >= 0.6 is 0 Å². The van der Waals surface area contributed by atoms with Crippen LogP contribution in [-0.4, -0.2) is 0 Å². The summed E-state index contributed by atoms with van der Waals surface area (Å²) in [5, 5.41) is 0. The van der Waals surface area contributed by atoms with Crippen LogP contribution in [0.4, 0.5) is 0 Å². The van der Waals surface area contributed by atoms with Crippen molar-refractivity contribution in [2.75, 3.05) is 0 Å². The Hall–Kier alpha value is -1.18. The van der Waals surface area contributed by atoms with Gasteiger partial charge in [0.1, 0.15) is 25.0 Å². The first-order chi connectivity index (χ1) is 16.8. The van der Waals surface area contributed by atoms with Crippen molar-refractivity contribution in [1.82, 2.24) is 0 Å². The molecule has 1 aliphatic heterocycles. The Bertz CT molecular complexity index is 758. The van der Waals surface area contributed by atoms with Gasteiger partial charge in [0.2, 0.25) is 0 Å². The Morgan fingerprint density at radius 1 is 0.886 bits per heavy atom. The zero-order valence-electron chi connectivity index (χ0n) is 23.7. The lowest BCUT2D eigenvalue weighted by Gasteiger charge is -2.58. The van der Waals surface area contributed by atoms with E-state index in [1.54, 1.807) is 6.42 Å². The van der Waals surface area contributed by atoms with E-state index in [1.165, 1.54) is 95.7 Å². The summed E-state index contributed by atoms with van der Waals surface area (Å²) >= 11 is 0. The maximum Gasteiger partial charge on any atom is 0.125 e. The molecule has 0 bridgehead atoms. The average Bonchev–Trinajstić information content (AvgIpc) is 3.22. The highest BCUT2D eigenvalue weighted by molar-refractivity contribution is 5.23. The van der Waals surface area contributed by atoms with E-state index in [0.29, 0.717) is 10.8 Å². The molecule has 0 spiro atoms. The number of hydrogen-bond donors (Lipinski definition) is 0. The van der Waals surface area contributed by atoms with Gasteiger partial charge in [-0.3, -0.25) is 0 Å². The van der Waals surface area contributed by atoms with Gasteiger partial charge in [0.25, 0.3) is 0 Å². The third kappa shape index (κ3) is 5.42. The zero-order valence-corrected chi connectivity index (χ0v) is 23.7. The van der Waals surface area contributed by atoms with Gasteiger partial charge in [0, 0.05) is 0 Å². The number of ether oxygens (including phenoxy) is 2. The van der Waals surface area contributed by atoms with Crippen molar-refractivity contribution in [3.8, 4) is 0 Å². The SMILES string of the molecule is C1=COC=CO1.CCC(CC[C@@H](C)[C@H]1CC[C@H]2[C@@H]3CCC4=CCCC[C@]4(C)[C@H]3CC[C@]12C)C(C)C. The second kappa shape index (κ2) is 11.5. The largest absolute Gasteiger partial charge is 0.466 e. The van der Waals surface area contributed by atoms with Crippen molar-refractivity contribution in [3.05, 3.63) is 36.7 Å². The second-order valence-electron chi connectivity index (χ2n) is 13.5. The van der Waals surface area contributed by atoms with Gasteiger partial charge in [-0.25, -0.2) is 0 Å². The summed E-state index contributed by atoms with van der Waals surface area (Å²) in [4.78, 5) is 0. The number of allylic oxidation sites excluding steroid dienone is 2. The highest BCUT2D eigenvalue weighted by Gasteiger charge is 2.59. The van der Waals surface area contributed by atoms with E-state index in [0.717, 1.165) is 41.4 Å². The molecular formula is C33H54O2. The van der Waals surface area contributed by atoms with E-state index >= 15 is 0 Å². The maximum absolute atomic E-state index is 4.58. The standard InChI is InChI=1S/C29H50.C4H4O2/c1-7-22(20(2)3)12-11-21(4)25-15-16-26-24-14-13-23-10-8-9-18-28(23,5)27(24)17-19-29(25,26)6;1-2-6-4-3-5-1/h10,20-22,24-27H,7-9,11-19H2,1-6H3;1-4H/t21-,22?,24+,25-,26+,27+,28+,29-;/m1./s1. The molecule has 0 amide bonds. The highest BCUT2D eigenvalue weighted by atomic mass is 16.5. The molecule has 4 aliphatic carbocycles. The quantitative estimate of drug-likeness (QED) is 0.351. The lowest BCUT2D eigenvalue weighted by Crippen LogP contribution is -2.50. The molecule has 3 saturated carbocycles. The molecule has 0 aromatic heterocycles. The Labute approximate surface area is 217 Å². The van der Waals surface area contributed by atoms with E-state index < -0.39 is 0 Å². The van der Waals surface area contributed by atoms with Gasteiger partial charge in [-0.1, -0.05) is 66.0 Å². The third-order valence-corrected chi connectivity index (χ3v) is 11.7. The van der Waals surface area contributed by atoms with Crippen LogP contribution in [0.25, 0.3) is 0 Å². The van der Waals surface area contributed by atoms with Crippen molar-refractivity contribution in [3.63, 3.8) is 0 Å². The molecule has 5 rings (SSSR count). The Morgan fingerprint density at radius 3 is 2.23 bits per heavy atom. The molecule has 1 heterocycles. The summed E-state index contributed by atoms with van der Waals surface area (Å²) in [6, 6.07) is 0. The molecule has 2 heteroatoms. The van der Waals surface area contributed by atoms with Crippen molar-refractivity contribution >= 4 is 0 Å². The number of hydrogen-bond acceptors (Lipinski definition) is 2. The molecule has 2 nitrogen and oxygen atoms in total. The van der Waals surface area contributed by atoms with Gasteiger partial charge < -0.3 is 9.47 Å². The van der Waals surface area contributed by atoms with Crippen LogP contribution < -0.4 is 0 Å². The zero-order chi connectivity index (χ0) is 25.1. The van der Waals surface area contributed by atoms with Gasteiger partial charge in [0.15, 0.2) is 0 Å². The molecule has 8 atom stereocenters. The Balaban J connectivity index is 0.000000421. The predicted molar refractivity (Wildman–Crippen MR) is 147 cm³/mol. The highest BCUT2D eigenvalue weighted by Crippen LogP contribution is 2.67. The molecule has 35 heavy (non-hydrogen) atoms. The molecule has 5 aliphatic rings. The van der Waals surface area contributed by atoms with Crippen LogP contribution in [0.2, 0.25) is 0 Å². The van der Waals surface area contributed by atoms with E-state index in [2.05, 4.69) is 57.1 Å². The molecule has 0 aromatic carbocycles. The predicted octanol–water partition coefficient (Wildman–Crippen LogP) is 10.0. The first kappa shape index (κ1) is 26.9. The minimum absolute atomic E-state index is 0.567. The van der Waals surface area contributed by atoms with Crippen molar-refractivity contribution in [1.29, 1.82) is 0 Å². The second-order valence-corrected chi connectivity index (χ2v) is 13.5. The lowest BCUT2D eigenvalue weighted by atomic mass is 9.46. The molecule has 198 valence electrons. The summed E-state index contributed by atoms with van der Waals surface area (Å²) in [5.74, 6) is 6.78. The molecule has 0 saturated heterocycles. The number of fused-ring (bicyclic) bond motifs is 5. The minimum atomic E-state index is 0.567. The summed E-state index contributed by atoms with van der Waals surface area (Å²) < 4.78 is 9.17. The minimum Gasteiger partial charge on any atom is -0.466 e. The van der Waals surface area contributed by atoms with E-state index in [4.69, 9.17) is 0 Å².